The molecular weight excluding hydrogens is 327 g/mol. The summed E-state index contributed by atoms with van der Waals surface area (Å²) in [5, 5.41) is 4.22. The van der Waals surface area contributed by atoms with Crippen LogP contribution >= 0.6 is 0 Å². The Morgan fingerprint density at radius 2 is 1.72 bits per heavy atom. The van der Waals surface area contributed by atoms with Crippen LogP contribution in [-0.4, -0.2) is 20.9 Å². The third-order valence-corrected chi connectivity index (χ3v) is 4.79. The van der Waals surface area contributed by atoms with Crippen molar-refractivity contribution in [2.75, 3.05) is 0 Å². The average Bonchev–Trinajstić information content (AvgIpc) is 2.99. The largest absolute Gasteiger partial charge is 0.297 e. The van der Waals surface area contributed by atoms with Crippen LogP contribution in [0.15, 0.2) is 47.6 Å². The van der Waals surface area contributed by atoms with E-state index < -0.39 is 11.5 Å². The Bertz CT molecular complexity index is 1030. The smallest absolute Gasteiger partial charge is 0.271 e. The Labute approximate surface area is 142 Å². The van der Waals surface area contributed by atoms with Crippen LogP contribution in [0.2, 0.25) is 0 Å². The number of halogens is 3. The molecule has 1 aliphatic heterocycles. The van der Waals surface area contributed by atoms with Gasteiger partial charge in [-0.1, -0.05) is 24.3 Å². The van der Waals surface area contributed by atoms with Crippen LogP contribution in [0.1, 0.15) is 36.2 Å². The summed E-state index contributed by atoms with van der Waals surface area (Å²) < 4.78 is 44.9. The van der Waals surface area contributed by atoms with Crippen molar-refractivity contribution < 1.29 is 13.2 Å². The van der Waals surface area contributed by atoms with E-state index in [0.29, 0.717) is 28.0 Å². The second-order valence-electron chi connectivity index (χ2n) is 6.76. The SMILES string of the molecule is Cc1c(F)ccc2c(C3=NC(C)(C)C(F)(F)c4ccccc43)cnn12. The van der Waals surface area contributed by atoms with E-state index in [1.54, 1.807) is 37.4 Å². The van der Waals surface area contributed by atoms with Gasteiger partial charge in [0.05, 0.1) is 23.1 Å². The Balaban J connectivity index is 2.03. The number of aromatic nitrogens is 2. The first-order valence-electron chi connectivity index (χ1n) is 7.95. The molecule has 1 aromatic carbocycles. The molecule has 0 radical (unpaired) electrons. The van der Waals surface area contributed by atoms with E-state index in [1.807, 2.05) is 0 Å². The van der Waals surface area contributed by atoms with Gasteiger partial charge in [-0.15, -0.1) is 0 Å². The minimum atomic E-state index is -3.09. The highest BCUT2D eigenvalue weighted by Gasteiger charge is 2.52. The summed E-state index contributed by atoms with van der Waals surface area (Å²) in [7, 11) is 0. The molecule has 25 heavy (non-hydrogen) atoms. The molecule has 0 aliphatic carbocycles. The molecule has 0 saturated heterocycles. The van der Waals surface area contributed by atoms with Crippen molar-refractivity contribution in [3.8, 4) is 0 Å². The molecule has 0 N–H and O–H groups in total. The first-order valence-corrected chi connectivity index (χ1v) is 7.95. The number of benzene rings is 1. The van der Waals surface area contributed by atoms with E-state index in [-0.39, 0.29) is 11.4 Å². The topological polar surface area (TPSA) is 29.7 Å². The van der Waals surface area contributed by atoms with Gasteiger partial charge in [-0.25, -0.2) is 8.91 Å². The van der Waals surface area contributed by atoms with Crippen molar-refractivity contribution in [2.24, 2.45) is 4.99 Å². The van der Waals surface area contributed by atoms with Crippen molar-refractivity contribution in [3.63, 3.8) is 0 Å². The molecule has 3 heterocycles. The number of aryl methyl sites for hydroxylation is 1. The van der Waals surface area contributed by atoms with Gasteiger partial charge in [0.1, 0.15) is 11.4 Å². The summed E-state index contributed by atoms with van der Waals surface area (Å²) >= 11 is 0. The number of rotatable bonds is 1. The van der Waals surface area contributed by atoms with E-state index in [4.69, 9.17) is 0 Å². The number of aliphatic imine (C=N–C) groups is 1. The fraction of sp³-hybridized carbons (Fsp3) is 0.263. The lowest BCUT2D eigenvalue weighted by molar-refractivity contribution is -0.0681. The lowest BCUT2D eigenvalue weighted by Gasteiger charge is -2.37. The highest BCUT2D eigenvalue weighted by molar-refractivity contribution is 6.18. The minimum Gasteiger partial charge on any atom is -0.271 e. The third kappa shape index (κ3) is 2.06. The van der Waals surface area contributed by atoms with Crippen LogP contribution in [0.4, 0.5) is 13.2 Å². The highest BCUT2D eigenvalue weighted by atomic mass is 19.3. The monoisotopic (exact) mass is 343 g/mol. The molecule has 3 nitrogen and oxygen atoms in total. The molecular formula is C19H16F3N3. The van der Waals surface area contributed by atoms with Gasteiger partial charge in [0.25, 0.3) is 5.92 Å². The molecule has 2 aromatic heterocycles. The molecule has 4 rings (SSSR count). The van der Waals surface area contributed by atoms with E-state index >= 15 is 0 Å². The van der Waals surface area contributed by atoms with E-state index in [9.17, 15) is 13.2 Å². The Morgan fingerprint density at radius 3 is 2.48 bits per heavy atom. The predicted molar refractivity (Wildman–Crippen MR) is 89.9 cm³/mol. The molecule has 3 aromatic rings. The van der Waals surface area contributed by atoms with Gasteiger partial charge in [-0.05, 0) is 32.9 Å². The Kier molecular flexibility index (Phi) is 3.14. The molecule has 6 heteroatoms. The van der Waals surface area contributed by atoms with Crippen molar-refractivity contribution in [1.29, 1.82) is 0 Å². The van der Waals surface area contributed by atoms with Crippen LogP contribution in [-0.2, 0) is 5.92 Å². The zero-order chi connectivity index (χ0) is 18.0. The van der Waals surface area contributed by atoms with E-state index in [2.05, 4.69) is 10.1 Å². The fourth-order valence-corrected chi connectivity index (χ4v) is 3.25. The summed E-state index contributed by atoms with van der Waals surface area (Å²) in [5.74, 6) is -3.46. The normalized spacial score (nSPS) is 18.1. The maximum absolute atomic E-state index is 14.8. The predicted octanol–water partition coefficient (Wildman–Crippen LogP) is 4.50. The number of fused-ring (bicyclic) bond motifs is 2. The second-order valence-corrected chi connectivity index (χ2v) is 6.76. The minimum absolute atomic E-state index is 0.0526. The molecule has 0 saturated carbocycles. The molecule has 0 spiro atoms. The average molecular weight is 343 g/mol. The van der Waals surface area contributed by atoms with Crippen LogP contribution in [0, 0.1) is 12.7 Å². The fourth-order valence-electron chi connectivity index (χ4n) is 3.25. The molecule has 128 valence electrons. The molecule has 0 unspecified atom stereocenters. The summed E-state index contributed by atoms with van der Waals surface area (Å²) in [6.45, 7) is 4.45. The molecule has 0 bridgehead atoms. The first-order chi connectivity index (χ1) is 11.7. The maximum Gasteiger partial charge on any atom is 0.297 e. The molecule has 0 amide bonds. The number of pyridine rings is 1. The van der Waals surface area contributed by atoms with Crippen LogP contribution in [0.25, 0.3) is 5.52 Å². The summed E-state index contributed by atoms with van der Waals surface area (Å²) in [6, 6.07) is 9.32. The van der Waals surface area contributed by atoms with Gasteiger partial charge in [0.2, 0.25) is 0 Å². The van der Waals surface area contributed by atoms with Gasteiger partial charge in [0, 0.05) is 16.7 Å². The molecule has 0 atom stereocenters. The third-order valence-electron chi connectivity index (χ3n) is 4.79. The van der Waals surface area contributed by atoms with Crippen LogP contribution in [0.3, 0.4) is 0 Å². The van der Waals surface area contributed by atoms with Crippen LogP contribution in [0.5, 0.6) is 0 Å². The van der Waals surface area contributed by atoms with Gasteiger partial charge in [-0.2, -0.15) is 13.9 Å². The van der Waals surface area contributed by atoms with E-state index in [1.165, 1.54) is 30.5 Å². The Hall–Kier alpha value is -2.63. The van der Waals surface area contributed by atoms with Crippen molar-refractivity contribution in [3.05, 3.63) is 70.8 Å². The number of hydrogen-bond donors (Lipinski definition) is 0. The Morgan fingerprint density at radius 1 is 1.00 bits per heavy atom. The molecule has 0 fully saturated rings. The zero-order valence-corrected chi connectivity index (χ0v) is 14.0. The summed E-state index contributed by atoms with van der Waals surface area (Å²) in [5.41, 5.74) is 0.782. The quantitative estimate of drug-likeness (QED) is 0.640. The second kappa shape index (κ2) is 4.94. The van der Waals surface area contributed by atoms with Crippen molar-refractivity contribution in [2.45, 2.75) is 32.2 Å². The lowest BCUT2D eigenvalue weighted by atomic mass is 9.82. The first kappa shape index (κ1) is 15.9. The molecule has 1 aliphatic rings. The number of alkyl halides is 2. The highest BCUT2D eigenvalue weighted by Crippen LogP contribution is 2.46. The standard InChI is InChI=1S/C19H16F3N3/c1-11-15(20)8-9-16-13(10-23-25(11)16)17-12-6-4-5-7-14(12)19(21,22)18(2,3)24-17/h4-10H,1-3H3. The summed E-state index contributed by atoms with van der Waals surface area (Å²) in [6.07, 6.45) is 1.55. The maximum atomic E-state index is 14.8. The van der Waals surface area contributed by atoms with Crippen molar-refractivity contribution >= 4 is 11.2 Å². The number of nitrogens with zero attached hydrogens (tertiary/aromatic N) is 3. The van der Waals surface area contributed by atoms with Gasteiger partial charge >= 0.3 is 0 Å². The van der Waals surface area contributed by atoms with Gasteiger partial charge in [0.15, 0.2) is 0 Å². The number of hydrogen-bond acceptors (Lipinski definition) is 2. The van der Waals surface area contributed by atoms with Gasteiger partial charge in [-0.3, -0.25) is 4.99 Å². The van der Waals surface area contributed by atoms with E-state index in [0.717, 1.165) is 0 Å². The summed E-state index contributed by atoms with van der Waals surface area (Å²) in [4.78, 5) is 4.37. The zero-order valence-electron chi connectivity index (χ0n) is 14.0. The van der Waals surface area contributed by atoms with Gasteiger partial charge < -0.3 is 0 Å². The van der Waals surface area contributed by atoms with Crippen molar-refractivity contribution in [1.82, 2.24) is 9.61 Å². The lowest BCUT2D eigenvalue weighted by Crippen LogP contribution is -2.44. The van der Waals surface area contributed by atoms with Crippen LogP contribution < -0.4 is 0 Å².